The lowest BCUT2D eigenvalue weighted by Crippen LogP contribution is -2.11. The van der Waals surface area contributed by atoms with E-state index in [0.717, 1.165) is 21.9 Å². The number of rotatable bonds is 4. The predicted molar refractivity (Wildman–Crippen MR) is 79.2 cm³/mol. The third-order valence-electron chi connectivity index (χ3n) is 3.82. The van der Waals surface area contributed by atoms with E-state index in [4.69, 9.17) is 10.2 Å². The molecule has 2 N–H and O–H groups in total. The Morgan fingerprint density at radius 1 is 1.00 bits per heavy atom. The minimum atomic E-state index is -0.910. The van der Waals surface area contributed by atoms with Gasteiger partial charge in [-0.1, -0.05) is 42.5 Å². The highest BCUT2D eigenvalue weighted by molar-refractivity contribution is 6.01. The van der Waals surface area contributed by atoms with E-state index in [2.05, 4.69) is 0 Å². The highest BCUT2D eigenvalue weighted by Crippen LogP contribution is 2.41. The van der Waals surface area contributed by atoms with Crippen molar-refractivity contribution in [2.45, 2.75) is 18.8 Å². The van der Waals surface area contributed by atoms with Crippen LogP contribution in [0.15, 0.2) is 42.5 Å². The SMILES string of the molecule is O=C(O)CC1=CC(CC(=O)O)c2cccc3cccc1c23. The molecule has 2 aromatic carbocycles. The van der Waals surface area contributed by atoms with Crippen LogP contribution in [0.1, 0.15) is 29.9 Å². The summed E-state index contributed by atoms with van der Waals surface area (Å²) in [6.45, 7) is 0. The van der Waals surface area contributed by atoms with Crippen molar-refractivity contribution < 1.29 is 19.8 Å². The average Bonchev–Trinajstić information content (AvgIpc) is 2.42. The molecule has 4 nitrogen and oxygen atoms in total. The molecule has 3 rings (SSSR count). The Morgan fingerprint density at radius 3 is 2.38 bits per heavy atom. The molecule has 0 aromatic heterocycles. The van der Waals surface area contributed by atoms with Crippen LogP contribution in [0.2, 0.25) is 0 Å². The second-order valence-corrected chi connectivity index (χ2v) is 5.22. The summed E-state index contributed by atoms with van der Waals surface area (Å²) in [5, 5.41) is 20.2. The second kappa shape index (κ2) is 5.05. The van der Waals surface area contributed by atoms with Crippen molar-refractivity contribution in [2.24, 2.45) is 0 Å². The van der Waals surface area contributed by atoms with Crippen LogP contribution >= 0.6 is 0 Å². The first-order valence-corrected chi connectivity index (χ1v) is 6.72. The van der Waals surface area contributed by atoms with Crippen LogP contribution in [0.4, 0.5) is 0 Å². The summed E-state index contributed by atoms with van der Waals surface area (Å²) in [5.74, 6) is -2.08. The second-order valence-electron chi connectivity index (χ2n) is 5.22. The van der Waals surface area contributed by atoms with Crippen molar-refractivity contribution in [3.8, 4) is 0 Å². The molecule has 21 heavy (non-hydrogen) atoms. The molecule has 0 saturated carbocycles. The lowest BCUT2D eigenvalue weighted by Gasteiger charge is -2.24. The van der Waals surface area contributed by atoms with Crippen LogP contribution in [-0.2, 0) is 9.59 Å². The topological polar surface area (TPSA) is 74.6 Å². The van der Waals surface area contributed by atoms with Gasteiger partial charge in [0.05, 0.1) is 12.8 Å². The fourth-order valence-corrected chi connectivity index (χ4v) is 3.04. The molecule has 0 saturated heterocycles. The average molecular weight is 282 g/mol. The molecule has 1 unspecified atom stereocenters. The highest BCUT2D eigenvalue weighted by Gasteiger charge is 2.24. The van der Waals surface area contributed by atoms with E-state index in [9.17, 15) is 9.59 Å². The van der Waals surface area contributed by atoms with Crippen LogP contribution in [-0.4, -0.2) is 22.2 Å². The number of allylic oxidation sites excluding steroid dienone is 1. The van der Waals surface area contributed by atoms with Crippen LogP contribution in [0.5, 0.6) is 0 Å². The molecule has 0 amide bonds. The molecule has 0 spiro atoms. The van der Waals surface area contributed by atoms with E-state index < -0.39 is 11.9 Å². The van der Waals surface area contributed by atoms with Gasteiger partial charge in [0.1, 0.15) is 0 Å². The first-order chi connectivity index (χ1) is 10.1. The molecule has 0 radical (unpaired) electrons. The van der Waals surface area contributed by atoms with E-state index in [1.807, 2.05) is 36.4 Å². The van der Waals surface area contributed by atoms with Crippen molar-refractivity contribution in [1.29, 1.82) is 0 Å². The Morgan fingerprint density at radius 2 is 1.71 bits per heavy atom. The monoisotopic (exact) mass is 282 g/mol. The van der Waals surface area contributed by atoms with Crippen molar-refractivity contribution in [3.63, 3.8) is 0 Å². The van der Waals surface area contributed by atoms with Gasteiger partial charge in [-0.15, -0.1) is 0 Å². The zero-order valence-corrected chi connectivity index (χ0v) is 11.2. The Hall–Kier alpha value is -2.62. The van der Waals surface area contributed by atoms with Crippen molar-refractivity contribution in [1.82, 2.24) is 0 Å². The number of carbonyl (C=O) groups is 2. The summed E-state index contributed by atoms with van der Waals surface area (Å²) >= 11 is 0. The van der Waals surface area contributed by atoms with Crippen LogP contribution < -0.4 is 0 Å². The van der Waals surface area contributed by atoms with Crippen LogP contribution in [0.25, 0.3) is 16.3 Å². The molecular weight excluding hydrogens is 268 g/mol. The number of hydrogen-bond donors (Lipinski definition) is 2. The Kier molecular flexibility index (Phi) is 3.22. The molecule has 0 heterocycles. The van der Waals surface area contributed by atoms with E-state index in [-0.39, 0.29) is 18.8 Å². The fourth-order valence-electron chi connectivity index (χ4n) is 3.04. The summed E-state index contributed by atoms with van der Waals surface area (Å²) < 4.78 is 0. The van der Waals surface area contributed by atoms with Crippen LogP contribution in [0, 0.1) is 0 Å². The molecule has 1 aliphatic carbocycles. The minimum absolute atomic E-state index is 0.0312. The van der Waals surface area contributed by atoms with Gasteiger partial charge in [0.2, 0.25) is 0 Å². The van der Waals surface area contributed by atoms with Gasteiger partial charge >= 0.3 is 11.9 Å². The first kappa shape index (κ1) is 13.4. The van der Waals surface area contributed by atoms with Gasteiger partial charge < -0.3 is 10.2 Å². The van der Waals surface area contributed by atoms with Gasteiger partial charge in [-0.2, -0.15) is 0 Å². The lowest BCUT2D eigenvalue weighted by atomic mass is 9.80. The first-order valence-electron chi connectivity index (χ1n) is 6.72. The highest BCUT2D eigenvalue weighted by atomic mass is 16.4. The van der Waals surface area contributed by atoms with Gasteiger partial charge in [-0.05, 0) is 27.5 Å². The van der Waals surface area contributed by atoms with Crippen LogP contribution in [0.3, 0.4) is 0 Å². The smallest absolute Gasteiger partial charge is 0.307 e. The maximum Gasteiger partial charge on any atom is 0.307 e. The summed E-state index contributed by atoms with van der Waals surface area (Å²) in [6, 6.07) is 11.6. The predicted octanol–water partition coefficient (Wildman–Crippen LogP) is 3.27. The molecule has 0 bridgehead atoms. The number of hydrogen-bond acceptors (Lipinski definition) is 2. The third-order valence-corrected chi connectivity index (χ3v) is 3.82. The lowest BCUT2D eigenvalue weighted by molar-refractivity contribution is -0.137. The number of benzene rings is 2. The fraction of sp³-hybridized carbons (Fsp3) is 0.176. The number of carboxylic acid groups (broad SMARTS) is 2. The number of carboxylic acids is 2. The molecule has 0 aliphatic heterocycles. The van der Waals surface area contributed by atoms with Gasteiger partial charge in [0, 0.05) is 5.92 Å². The van der Waals surface area contributed by atoms with Gasteiger partial charge in [-0.25, -0.2) is 0 Å². The van der Waals surface area contributed by atoms with Crippen molar-refractivity contribution >= 4 is 28.3 Å². The quantitative estimate of drug-likeness (QED) is 0.902. The Labute approximate surface area is 121 Å². The number of aliphatic carboxylic acids is 2. The van der Waals surface area contributed by atoms with Crippen molar-refractivity contribution in [3.05, 3.63) is 53.6 Å². The maximum atomic E-state index is 11.1. The largest absolute Gasteiger partial charge is 0.481 e. The molecule has 2 aromatic rings. The van der Waals surface area contributed by atoms with Crippen molar-refractivity contribution in [2.75, 3.05) is 0 Å². The van der Waals surface area contributed by atoms with E-state index in [1.54, 1.807) is 6.08 Å². The van der Waals surface area contributed by atoms with Gasteiger partial charge in [0.15, 0.2) is 0 Å². The Bertz CT molecular complexity index is 768. The summed E-state index contributed by atoms with van der Waals surface area (Å²) in [7, 11) is 0. The Balaban J connectivity index is 2.23. The third kappa shape index (κ3) is 2.40. The molecular formula is C17H14O4. The molecule has 1 aliphatic rings. The summed E-state index contributed by atoms with van der Waals surface area (Å²) in [6.07, 6.45) is 1.67. The normalized spacial score (nSPS) is 16.6. The summed E-state index contributed by atoms with van der Waals surface area (Å²) in [5.41, 5.74) is 2.55. The minimum Gasteiger partial charge on any atom is -0.481 e. The molecule has 4 heteroatoms. The molecule has 1 atom stereocenters. The zero-order valence-electron chi connectivity index (χ0n) is 11.2. The summed E-state index contributed by atoms with van der Waals surface area (Å²) in [4.78, 5) is 22.2. The van der Waals surface area contributed by atoms with Gasteiger partial charge in [0.25, 0.3) is 0 Å². The molecule has 0 fully saturated rings. The zero-order chi connectivity index (χ0) is 15.0. The van der Waals surface area contributed by atoms with E-state index >= 15 is 0 Å². The van der Waals surface area contributed by atoms with E-state index in [0.29, 0.717) is 5.57 Å². The standard InChI is InChI=1S/C17H14O4/c18-15(19)8-11-7-12(9-16(20)21)14-6-2-4-10-3-1-5-13(11)17(10)14/h1-7,11H,8-9H2,(H,18,19)(H,20,21). The molecule has 106 valence electrons. The van der Waals surface area contributed by atoms with E-state index in [1.165, 1.54) is 0 Å². The van der Waals surface area contributed by atoms with Gasteiger partial charge in [-0.3, -0.25) is 9.59 Å². The maximum absolute atomic E-state index is 11.1.